The SMILES string of the molecule is CN1CCC(c2c[nH]c3ccc(C=CC(N)=O)cc23)CC1. The van der Waals surface area contributed by atoms with Gasteiger partial charge < -0.3 is 15.6 Å². The number of hydrogen-bond acceptors (Lipinski definition) is 2. The maximum atomic E-state index is 10.9. The van der Waals surface area contributed by atoms with Crippen LogP contribution in [-0.2, 0) is 4.79 Å². The highest BCUT2D eigenvalue weighted by atomic mass is 16.1. The van der Waals surface area contributed by atoms with Gasteiger partial charge in [0.15, 0.2) is 0 Å². The molecule has 3 rings (SSSR count). The number of rotatable bonds is 3. The average molecular weight is 283 g/mol. The smallest absolute Gasteiger partial charge is 0.241 e. The lowest BCUT2D eigenvalue weighted by atomic mass is 9.89. The third-order valence-electron chi connectivity index (χ3n) is 4.34. The summed E-state index contributed by atoms with van der Waals surface area (Å²) in [7, 11) is 2.18. The molecular formula is C17H21N3O. The fraction of sp³-hybridized carbons (Fsp3) is 0.353. The lowest BCUT2D eigenvalue weighted by Gasteiger charge is -2.28. The number of nitrogens with zero attached hydrogens (tertiary/aromatic N) is 1. The van der Waals surface area contributed by atoms with Gasteiger partial charge in [-0.05, 0) is 68.2 Å². The molecule has 0 saturated carbocycles. The summed E-state index contributed by atoms with van der Waals surface area (Å²) < 4.78 is 0. The van der Waals surface area contributed by atoms with E-state index in [1.807, 2.05) is 6.07 Å². The highest BCUT2D eigenvalue weighted by Gasteiger charge is 2.20. The van der Waals surface area contributed by atoms with E-state index in [-0.39, 0.29) is 0 Å². The number of amides is 1. The van der Waals surface area contributed by atoms with Crippen LogP contribution in [0.5, 0.6) is 0 Å². The van der Waals surface area contributed by atoms with Gasteiger partial charge in [-0.1, -0.05) is 6.07 Å². The van der Waals surface area contributed by atoms with Crippen molar-refractivity contribution in [2.24, 2.45) is 5.73 Å². The molecule has 0 bridgehead atoms. The van der Waals surface area contributed by atoms with Crippen molar-refractivity contribution in [1.82, 2.24) is 9.88 Å². The average Bonchev–Trinajstić information content (AvgIpc) is 2.89. The lowest BCUT2D eigenvalue weighted by molar-refractivity contribution is -0.113. The number of primary amides is 1. The number of piperidine rings is 1. The molecule has 2 aromatic rings. The number of benzene rings is 1. The van der Waals surface area contributed by atoms with Gasteiger partial charge in [0.1, 0.15) is 0 Å². The minimum atomic E-state index is -0.417. The van der Waals surface area contributed by atoms with Gasteiger partial charge in [0, 0.05) is 23.2 Å². The Kier molecular flexibility index (Phi) is 3.80. The van der Waals surface area contributed by atoms with Crippen LogP contribution in [0.4, 0.5) is 0 Å². The Morgan fingerprint density at radius 3 is 2.86 bits per heavy atom. The molecule has 1 aromatic carbocycles. The summed E-state index contributed by atoms with van der Waals surface area (Å²) in [4.78, 5) is 16.6. The van der Waals surface area contributed by atoms with E-state index in [0.29, 0.717) is 5.92 Å². The molecule has 1 aromatic heterocycles. The van der Waals surface area contributed by atoms with Crippen LogP contribution in [0.15, 0.2) is 30.5 Å². The number of aromatic nitrogens is 1. The maximum Gasteiger partial charge on any atom is 0.241 e. The Morgan fingerprint density at radius 1 is 1.38 bits per heavy atom. The van der Waals surface area contributed by atoms with Crippen LogP contribution in [0.2, 0.25) is 0 Å². The molecule has 0 aliphatic carbocycles. The molecule has 1 aliphatic rings. The van der Waals surface area contributed by atoms with E-state index in [1.54, 1.807) is 6.08 Å². The minimum Gasteiger partial charge on any atom is -0.366 e. The number of nitrogens with two attached hydrogens (primary N) is 1. The van der Waals surface area contributed by atoms with E-state index in [4.69, 9.17) is 5.73 Å². The molecule has 0 atom stereocenters. The zero-order valence-electron chi connectivity index (χ0n) is 12.3. The molecule has 1 aliphatic heterocycles. The molecule has 110 valence electrons. The van der Waals surface area contributed by atoms with Crippen molar-refractivity contribution in [3.05, 3.63) is 41.6 Å². The fourth-order valence-electron chi connectivity index (χ4n) is 3.10. The number of fused-ring (bicyclic) bond motifs is 1. The predicted molar refractivity (Wildman–Crippen MR) is 86.0 cm³/mol. The molecule has 21 heavy (non-hydrogen) atoms. The van der Waals surface area contributed by atoms with Gasteiger partial charge in [-0.3, -0.25) is 4.79 Å². The second-order valence-electron chi connectivity index (χ2n) is 5.86. The Bertz CT molecular complexity index is 678. The van der Waals surface area contributed by atoms with E-state index in [0.717, 1.165) is 24.2 Å². The number of likely N-dealkylation sites (tertiary alicyclic amines) is 1. The van der Waals surface area contributed by atoms with Crippen LogP contribution < -0.4 is 5.73 Å². The topological polar surface area (TPSA) is 62.1 Å². The quantitative estimate of drug-likeness (QED) is 0.850. The van der Waals surface area contributed by atoms with Crippen LogP contribution in [0.25, 0.3) is 17.0 Å². The standard InChI is InChI=1S/C17H21N3O/c1-20-8-6-13(7-9-20)15-11-19-16-4-2-12(10-14(15)16)3-5-17(18)21/h2-5,10-11,13,19H,6-9H2,1H3,(H2,18,21). The Hall–Kier alpha value is -2.07. The third kappa shape index (κ3) is 3.00. The number of carbonyl (C=O) groups is 1. The number of carbonyl (C=O) groups excluding carboxylic acids is 1. The summed E-state index contributed by atoms with van der Waals surface area (Å²) in [6.07, 6.45) is 7.72. The second kappa shape index (κ2) is 5.74. The third-order valence-corrected chi connectivity index (χ3v) is 4.34. The largest absolute Gasteiger partial charge is 0.366 e. The monoisotopic (exact) mass is 283 g/mol. The molecular weight excluding hydrogens is 262 g/mol. The van der Waals surface area contributed by atoms with Crippen molar-refractivity contribution in [2.45, 2.75) is 18.8 Å². The van der Waals surface area contributed by atoms with E-state index in [1.165, 1.54) is 29.9 Å². The molecule has 2 heterocycles. The van der Waals surface area contributed by atoms with E-state index in [2.05, 4.69) is 35.3 Å². The molecule has 0 unspecified atom stereocenters. The molecule has 1 saturated heterocycles. The van der Waals surface area contributed by atoms with Gasteiger partial charge in [-0.25, -0.2) is 0 Å². The minimum absolute atomic E-state index is 0.417. The molecule has 0 spiro atoms. The molecule has 0 radical (unpaired) electrons. The summed E-state index contributed by atoms with van der Waals surface area (Å²) in [6, 6.07) is 6.20. The van der Waals surface area contributed by atoms with Gasteiger partial charge >= 0.3 is 0 Å². The first-order chi connectivity index (χ1) is 10.1. The molecule has 4 nitrogen and oxygen atoms in total. The van der Waals surface area contributed by atoms with Gasteiger partial charge in [0.05, 0.1) is 0 Å². The van der Waals surface area contributed by atoms with Crippen LogP contribution >= 0.6 is 0 Å². The lowest BCUT2D eigenvalue weighted by Crippen LogP contribution is -2.29. The van der Waals surface area contributed by atoms with Gasteiger partial charge in [-0.2, -0.15) is 0 Å². The van der Waals surface area contributed by atoms with Gasteiger partial charge in [0.2, 0.25) is 5.91 Å². The first-order valence-electron chi connectivity index (χ1n) is 7.40. The zero-order chi connectivity index (χ0) is 14.8. The normalized spacial score (nSPS) is 17.8. The molecule has 4 heteroatoms. The maximum absolute atomic E-state index is 10.9. The van der Waals surface area contributed by atoms with Crippen LogP contribution in [0.1, 0.15) is 29.9 Å². The predicted octanol–water partition coefficient (Wildman–Crippen LogP) is 2.48. The van der Waals surface area contributed by atoms with E-state index < -0.39 is 5.91 Å². The Morgan fingerprint density at radius 2 is 2.14 bits per heavy atom. The molecule has 1 amide bonds. The molecule has 3 N–H and O–H groups in total. The molecule has 1 fully saturated rings. The van der Waals surface area contributed by atoms with Crippen molar-refractivity contribution in [3.63, 3.8) is 0 Å². The van der Waals surface area contributed by atoms with Crippen LogP contribution in [0, 0.1) is 0 Å². The van der Waals surface area contributed by atoms with Crippen molar-refractivity contribution in [3.8, 4) is 0 Å². The highest BCUT2D eigenvalue weighted by Crippen LogP contribution is 2.33. The first kappa shape index (κ1) is 13.9. The Labute approximate surface area is 124 Å². The van der Waals surface area contributed by atoms with Crippen molar-refractivity contribution >= 4 is 22.9 Å². The number of hydrogen-bond donors (Lipinski definition) is 2. The number of aromatic amines is 1. The summed E-state index contributed by atoms with van der Waals surface area (Å²) in [6.45, 7) is 2.30. The second-order valence-corrected chi connectivity index (χ2v) is 5.86. The van der Waals surface area contributed by atoms with E-state index in [9.17, 15) is 4.79 Å². The zero-order valence-corrected chi connectivity index (χ0v) is 12.3. The first-order valence-corrected chi connectivity index (χ1v) is 7.40. The van der Waals surface area contributed by atoms with Crippen molar-refractivity contribution in [1.29, 1.82) is 0 Å². The van der Waals surface area contributed by atoms with Gasteiger partial charge in [-0.15, -0.1) is 0 Å². The summed E-state index contributed by atoms with van der Waals surface area (Å²) in [5.74, 6) is 0.199. The van der Waals surface area contributed by atoms with Crippen molar-refractivity contribution < 1.29 is 4.79 Å². The van der Waals surface area contributed by atoms with E-state index >= 15 is 0 Å². The number of H-pyrrole nitrogens is 1. The summed E-state index contributed by atoms with van der Waals surface area (Å²) >= 11 is 0. The van der Waals surface area contributed by atoms with Crippen LogP contribution in [-0.4, -0.2) is 35.9 Å². The number of nitrogens with one attached hydrogen (secondary N) is 1. The fourth-order valence-corrected chi connectivity index (χ4v) is 3.10. The summed E-state index contributed by atoms with van der Waals surface area (Å²) in [5, 5.41) is 1.26. The van der Waals surface area contributed by atoms with Gasteiger partial charge in [0.25, 0.3) is 0 Å². The highest BCUT2D eigenvalue weighted by molar-refractivity contribution is 5.92. The summed E-state index contributed by atoms with van der Waals surface area (Å²) in [5.41, 5.74) is 8.71. The van der Waals surface area contributed by atoms with Crippen molar-refractivity contribution in [2.75, 3.05) is 20.1 Å². The van der Waals surface area contributed by atoms with Crippen LogP contribution in [0.3, 0.4) is 0 Å². The Balaban J connectivity index is 1.92.